The molecule has 0 N–H and O–H groups in total. The Morgan fingerprint density at radius 3 is 2.90 bits per heavy atom. The van der Waals surface area contributed by atoms with Crippen molar-refractivity contribution in [2.75, 3.05) is 0 Å². The van der Waals surface area contributed by atoms with Crippen LogP contribution < -0.4 is 4.74 Å². The average Bonchev–Trinajstić information content (AvgIpc) is 1.88. The van der Waals surface area contributed by atoms with Crippen molar-refractivity contribution >= 4 is 15.9 Å². The number of ether oxygens (including phenoxy) is 1. The van der Waals surface area contributed by atoms with Gasteiger partial charge < -0.3 is 4.74 Å². The molecule has 0 unspecified atom stereocenters. The molecule has 0 saturated carbocycles. The van der Waals surface area contributed by atoms with Crippen LogP contribution in [-0.2, 0) is 0 Å². The number of hydrogen-bond acceptors (Lipinski definition) is 1. The van der Waals surface area contributed by atoms with Gasteiger partial charge >= 0.3 is 0 Å². The van der Waals surface area contributed by atoms with Crippen molar-refractivity contribution < 1.29 is 4.74 Å². The predicted octanol–water partition coefficient (Wildman–Crippen LogP) is 2.97. The van der Waals surface area contributed by atoms with Gasteiger partial charge in [-0.3, -0.25) is 0 Å². The Bertz CT molecular complexity index is 232. The molecule has 0 spiro atoms. The lowest BCUT2D eigenvalue weighted by Crippen LogP contribution is -1.78. The van der Waals surface area contributed by atoms with Crippen LogP contribution in [0.2, 0.25) is 0 Å². The molecule has 1 nitrogen and oxygen atoms in total. The molecular formula is C8H7BrO. The second-order valence-electron chi connectivity index (χ2n) is 1.74. The molecule has 10 heavy (non-hydrogen) atoms. The molecule has 0 atom stereocenters. The molecule has 52 valence electrons. The summed E-state index contributed by atoms with van der Waals surface area (Å²) >= 11 is 3.32. The van der Waals surface area contributed by atoms with E-state index in [1.165, 1.54) is 6.26 Å². The van der Waals surface area contributed by atoms with Crippen LogP contribution in [0.5, 0.6) is 5.75 Å². The molecule has 0 aliphatic carbocycles. The second kappa shape index (κ2) is 3.42. The zero-order valence-electron chi connectivity index (χ0n) is 5.38. The first-order valence-corrected chi connectivity index (χ1v) is 3.65. The van der Waals surface area contributed by atoms with Crippen LogP contribution in [0.4, 0.5) is 0 Å². The molecule has 0 aromatic heterocycles. The molecule has 0 heterocycles. The molecule has 1 rings (SSSR count). The lowest BCUT2D eigenvalue weighted by molar-refractivity contribution is 0.483. The van der Waals surface area contributed by atoms with Crippen LogP contribution >= 0.6 is 15.9 Å². The lowest BCUT2D eigenvalue weighted by atomic mass is 10.3. The number of benzene rings is 1. The van der Waals surface area contributed by atoms with Crippen molar-refractivity contribution in [1.29, 1.82) is 0 Å². The SMILES string of the molecule is C=COc1cccc(Br)c1. The summed E-state index contributed by atoms with van der Waals surface area (Å²) in [5, 5.41) is 0. The topological polar surface area (TPSA) is 9.23 Å². The van der Waals surface area contributed by atoms with Crippen LogP contribution in [-0.4, -0.2) is 0 Å². The summed E-state index contributed by atoms with van der Waals surface area (Å²) in [6, 6.07) is 7.59. The van der Waals surface area contributed by atoms with E-state index in [1.807, 2.05) is 24.3 Å². The quantitative estimate of drug-likeness (QED) is 0.665. The van der Waals surface area contributed by atoms with Gasteiger partial charge in [-0.05, 0) is 18.2 Å². The molecule has 0 fully saturated rings. The molecular weight excluding hydrogens is 192 g/mol. The van der Waals surface area contributed by atoms with Gasteiger partial charge in [0.1, 0.15) is 5.75 Å². The van der Waals surface area contributed by atoms with E-state index in [4.69, 9.17) is 4.74 Å². The highest BCUT2D eigenvalue weighted by molar-refractivity contribution is 9.10. The summed E-state index contributed by atoms with van der Waals surface area (Å²) in [5.74, 6) is 0.796. The van der Waals surface area contributed by atoms with Crippen molar-refractivity contribution in [2.45, 2.75) is 0 Å². The molecule has 0 amide bonds. The third kappa shape index (κ3) is 1.88. The van der Waals surface area contributed by atoms with Gasteiger partial charge in [-0.25, -0.2) is 0 Å². The minimum absolute atomic E-state index is 0.796. The van der Waals surface area contributed by atoms with Crippen molar-refractivity contribution in [2.24, 2.45) is 0 Å². The van der Waals surface area contributed by atoms with Gasteiger partial charge in [-0.2, -0.15) is 0 Å². The first-order chi connectivity index (χ1) is 4.83. The summed E-state index contributed by atoms with van der Waals surface area (Å²) in [6.45, 7) is 3.45. The maximum atomic E-state index is 5.02. The smallest absolute Gasteiger partial charge is 0.127 e. The lowest BCUT2D eigenvalue weighted by Gasteiger charge is -1.97. The third-order valence-electron chi connectivity index (χ3n) is 1.02. The van der Waals surface area contributed by atoms with Crippen LogP contribution in [0.15, 0.2) is 41.6 Å². The van der Waals surface area contributed by atoms with Gasteiger partial charge in [-0.15, -0.1) is 0 Å². The Balaban J connectivity index is 2.84. The van der Waals surface area contributed by atoms with Gasteiger partial charge in [0.15, 0.2) is 0 Å². The Kier molecular flexibility index (Phi) is 2.51. The van der Waals surface area contributed by atoms with Gasteiger partial charge in [0.25, 0.3) is 0 Å². The predicted molar refractivity (Wildman–Crippen MR) is 45.0 cm³/mol. The number of hydrogen-bond donors (Lipinski definition) is 0. The Hall–Kier alpha value is -0.760. The Morgan fingerprint density at radius 2 is 2.30 bits per heavy atom. The maximum Gasteiger partial charge on any atom is 0.127 e. The molecule has 0 bridgehead atoms. The number of rotatable bonds is 2. The van der Waals surface area contributed by atoms with Gasteiger partial charge in [0, 0.05) is 4.47 Å². The monoisotopic (exact) mass is 198 g/mol. The van der Waals surface area contributed by atoms with Crippen molar-refractivity contribution in [1.82, 2.24) is 0 Å². The van der Waals surface area contributed by atoms with E-state index >= 15 is 0 Å². The van der Waals surface area contributed by atoms with Crippen LogP contribution in [0.25, 0.3) is 0 Å². The summed E-state index contributed by atoms with van der Waals surface area (Å²) in [7, 11) is 0. The van der Waals surface area contributed by atoms with E-state index in [-0.39, 0.29) is 0 Å². The van der Waals surface area contributed by atoms with E-state index in [9.17, 15) is 0 Å². The van der Waals surface area contributed by atoms with Crippen LogP contribution in [0.3, 0.4) is 0 Å². The molecule has 0 radical (unpaired) electrons. The van der Waals surface area contributed by atoms with Gasteiger partial charge in [0.2, 0.25) is 0 Å². The first kappa shape index (κ1) is 7.35. The minimum atomic E-state index is 0.796. The highest BCUT2D eigenvalue weighted by atomic mass is 79.9. The number of halogens is 1. The van der Waals surface area contributed by atoms with Crippen LogP contribution in [0.1, 0.15) is 0 Å². The Morgan fingerprint density at radius 1 is 1.50 bits per heavy atom. The maximum absolute atomic E-state index is 5.02. The molecule has 0 saturated heterocycles. The molecule has 0 aliphatic rings. The van der Waals surface area contributed by atoms with Gasteiger partial charge in [-0.1, -0.05) is 28.6 Å². The zero-order chi connectivity index (χ0) is 7.40. The first-order valence-electron chi connectivity index (χ1n) is 2.86. The van der Waals surface area contributed by atoms with Crippen LogP contribution in [0, 0.1) is 0 Å². The highest BCUT2D eigenvalue weighted by Crippen LogP contribution is 2.17. The van der Waals surface area contributed by atoms with E-state index in [0.717, 1.165) is 10.2 Å². The highest BCUT2D eigenvalue weighted by Gasteiger charge is 1.89. The molecule has 2 heteroatoms. The molecule has 0 aliphatic heterocycles. The summed E-state index contributed by atoms with van der Waals surface area (Å²) in [6.07, 6.45) is 1.40. The molecule has 1 aromatic rings. The van der Waals surface area contributed by atoms with E-state index in [1.54, 1.807) is 0 Å². The molecule has 1 aromatic carbocycles. The second-order valence-corrected chi connectivity index (χ2v) is 2.66. The van der Waals surface area contributed by atoms with Crippen molar-refractivity contribution in [3.05, 3.63) is 41.6 Å². The van der Waals surface area contributed by atoms with E-state index < -0.39 is 0 Å². The summed E-state index contributed by atoms with van der Waals surface area (Å²) in [5.41, 5.74) is 0. The zero-order valence-corrected chi connectivity index (χ0v) is 6.97. The van der Waals surface area contributed by atoms with E-state index in [2.05, 4.69) is 22.5 Å². The average molecular weight is 199 g/mol. The summed E-state index contributed by atoms with van der Waals surface area (Å²) < 4.78 is 6.03. The normalized spacial score (nSPS) is 8.90. The fourth-order valence-corrected chi connectivity index (χ4v) is 1.01. The fraction of sp³-hybridized carbons (Fsp3) is 0. The van der Waals surface area contributed by atoms with Crippen molar-refractivity contribution in [3.8, 4) is 5.75 Å². The van der Waals surface area contributed by atoms with Crippen molar-refractivity contribution in [3.63, 3.8) is 0 Å². The van der Waals surface area contributed by atoms with E-state index in [0.29, 0.717) is 0 Å². The Labute approximate surface area is 68.5 Å². The third-order valence-corrected chi connectivity index (χ3v) is 1.51. The summed E-state index contributed by atoms with van der Waals surface area (Å²) in [4.78, 5) is 0. The largest absolute Gasteiger partial charge is 0.466 e. The standard InChI is InChI=1S/C8H7BrO/c1-2-10-8-5-3-4-7(9)6-8/h2-6H,1H2. The fourth-order valence-electron chi connectivity index (χ4n) is 0.637. The minimum Gasteiger partial charge on any atom is -0.466 e. The van der Waals surface area contributed by atoms with Gasteiger partial charge in [0.05, 0.1) is 6.26 Å².